The predicted molar refractivity (Wildman–Crippen MR) is 130 cm³/mol. The van der Waals surface area contributed by atoms with Crippen LogP contribution in [0.15, 0.2) is 48.5 Å². The van der Waals surface area contributed by atoms with Gasteiger partial charge < -0.3 is 10.6 Å². The second kappa shape index (κ2) is 8.65. The van der Waals surface area contributed by atoms with Gasteiger partial charge in [0.05, 0.1) is 16.8 Å². The highest BCUT2D eigenvalue weighted by Gasteiger charge is 2.29. The van der Waals surface area contributed by atoms with Gasteiger partial charge in [-0.25, -0.2) is 14.6 Å². The minimum absolute atomic E-state index is 0.0772. The summed E-state index contributed by atoms with van der Waals surface area (Å²) in [5.74, 6) is 1.98. The highest BCUT2D eigenvalue weighted by Crippen LogP contribution is 2.40. The first kappa shape index (κ1) is 21.1. The maximum atomic E-state index is 12.4. The maximum Gasteiger partial charge on any atom is 0.251 e. The monoisotopic (exact) mass is 440 g/mol. The first-order valence-electron chi connectivity index (χ1n) is 11.4. The molecule has 2 N–H and O–H groups in total. The van der Waals surface area contributed by atoms with Crippen molar-refractivity contribution in [3.8, 4) is 5.69 Å². The van der Waals surface area contributed by atoms with Crippen LogP contribution in [-0.4, -0.2) is 38.7 Å². The van der Waals surface area contributed by atoms with Crippen molar-refractivity contribution in [2.45, 2.75) is 39.5 Å². The van der Waals surface area contributed by atoms with E-state index in [1.54, 1.807) is 0 Å². The minimum Gasteiger partial charge on any atom is -0.368 e. The van der Waals surface area contributed by atoms with Crippen LogP contribution < -0.4 is 10.6 Å². The molecule has 1 amide bonds. The average Bonchev–Trinajstić information content (AvgIpc) is 3.61. The lowest BCUT2D eigenvalue weighted by molar-refractivity contribution is 0.0955. The number of aryl methyl sites for hydroxylation is 3. The van der Waals surface area contributed by atoms with Gasteiger partial charge in [0.25, 0.3) is 5.91 Å². The van der Waals surface area contributed by atoms with Gasteiger partial charge >= 0.3 is 0 Å². The standard InChI is InChI=1S/C26H28N6O/c1-16-4-8-20(9-5-16)26(33)28-15-14-27-24-22-18(3)31-32(21-12-6-17(2)7-13-21)25(22)30-23(29-24)19-10-11-19/h4-9,12-13,19H,10-11,14-15H2,1-3H3,(H,28,33)(H,27,29,30). The second-order valence-corrected chi connectivity index (χ2v) is 8.78. The molecule has 1 aliphatic carbocycles. The molecule has 7 nitrogen and oxygen atoms in total. The molecule has 5 rings (SSSR count). The summed E-state index contributed by atoms with van der Waals surface area (Å²) in [4.78, 5) is 22.1. The zero-order valence-electron chi connectivity index (χ0n) is 19.2. The van der Waals surface area contributed by atoms with Crippen molar-refractivity contribution in [2.24, 2.45) is 0 Å². The molecule has 2 heterocycles. The van der Waals surface area contributed by atoms with E-state index in [0.29, 0.717) is 24.6 Å². The number of carbonyl (C=O) groups excluding carboxylic acids is 1. The number of fused-ring (bicyclic) bond motifs is 1. The van der Waals surface area contributed by atoms with Crippen LogP contribution in [0.25, 0.3) is 16.7 Å². The van der Waals surface area contributed by atoms with Crippen LogP contribution in [0, 0.1) is 20.8 Å². The lowest BCUT2D eigenvalue weighted by Gasteiger charge is -2.11. The molecule has 2 aromatic carbocycles. The van der Waals surface area contributed by atoms with E-state index in [1.807, 2.05) is 42.8 Å². The number of nitrogens with one attached hydrogen (secondary N) is 2. The quantitative estimate of drug-likeness (QED) is 0.415. The van der Waals surface area contributed by atoms with E-state index in [-0.39, 0.29) is 5.91 Å². The number of anilines is 1. The molecule has 2 aromatic heterocycles. The van der Waals surface area contributed by atoms with E-state index in [4.69, 9.17) is 15.1 Å². The SMILES string of the molecule is Cc1ccc(C(=O)NCCNc2nc(C3CC3)nc3c2c(C)nn3-c2ccc(C)cc2)cc1. The molecule has 1 fully saturated rings. The Kier molecular flexibility index (Phi) is 5.54. The molecule has 1 saturated carbocycles. The Morgan fingerprint density at radius 2 is 1.61 bits per heavy atom. The number of hydrogen-bond donors (Lipinski definition) is 2. The molecule has 0 saturated heterocycles. The summed E-state index contributed by atoms with van der Waals surface area (Å²) < 4.78 is 1.90. The van der Waals surface area contributed by atoms with Crippen molar-refractivity contribution in [1.29, 1.82) is 0 Å². The first-order valence-corrected chi connectivity index (χ1v) is 11.4. The molecule has 0 radical (unpaired) electrons. The molecular formula is C26H28N6O. The third-order valence-electron chi connectivity index (χ3n) is 5.96. The molecule has 4 aromatic rings. The summed E-state index contributed by atoms with van der Waals surface area (Å²) in [7, 11) is 0. The number of aromatic nitrogens is 4. The maximum absolute atomic E-state index is 12.4. The van der Waals surface area contributed by atoms with Crippen molar-refractivity contribution in [3.05, 3.63) is 76.7 Å². The smallest absolute Gasteiger partial charge is 0.251 e. The largest absolute Gasteiger partial charge is 0.368 e. The van der Waals surface area contributed by atoms with E-state index in [0.717, 1.165) is 52.5 Å². The molecule has 168 valence electrons. The number of nitrogens with zero attached hydrogens (tertiary/aromatic N) is 4. The molecule has 0 spiro atoms. The van der Waals surface area contributed by atoms with Gasteiger partial charge in [0.1, 0.15) is 11.6 Å². The summed E-state index contributed by atoms with van der Waals surface area (Å²) in [5.41, 5.74) is 5.68. The van der Waals surface area contributed by atoms with Gasteiger partial charge in [0, 0.05) is 24.6 Å². The molecule has 0 unspecified atom stereocenters. The van der Waals surface area contributed by atoms with Crippen molar-refractivity contribution >= 4 is 22.8 Å². The number of carbonyl (C=O) groups is 1. The summed E-state index contributed by atoms with van der Waals surface area (Å²) in [5, 5.41) is 12.1. The second-order valence-electron chi connectivity index (χ2n) is 8.78. The topological polar surface area (TPSA) is 84.7 Å². The van der Waals surface area contributed by atoms with Crippen LogP contribution in [-0.2, 0) is 0 Å². The van der Waals surface area contributed by atoms with E-state index < -0.39 is 0 Å². The van der Waals surface area contributed by atoms with Crippen molar-refractivity contribution < 1.29 is 4.79 Å². The normalized spacial score (nSPS) is 13.3. The summed E-state index contributed by atoms with van der Waals surface area (Å²) in [6.07, 6.45) is 2.24. The van der Waals surface area contributed by atoms with Crippen LogP contribution in [0.2, 0.25) is 0 Å². The predicted octanol–water partition coefficient (Wildman–Crippen LogP) is 4.46. The molecule has 1 aliphatic rings. The minimum atomic E-state index is -0.0772. The van der Waals surface area contributed by atoms with Crippen LogP contribution in [0.3, 0.4) is 0 Å². The van der Waals surface area contributed by atoms with Crippen LogP contribution in [0.4, 0.5) is 5.82 Å². The summed E-state index contributed by atoms with van der Waals surface area (Å²) in [6.45, 7) is 7.11. The van der Waals surface area contributed by atoms with Crippen LogP contribution in [0.1, 0.15) is 51.8 Å². The summed E-state index contributed by atoms with van der Waals surface area (Å²) in [6, 6.07) is 15.9. The Morgan fingerprint density at radius 3 is 2.27 bits per heavy atom. The van der Waals surface area contributed by atoms with E-state index in [9.17, 15) is 4.79 Å². The number of hydrogen-bond acceptors (Lipinski definition) is 5. The molecule has 0 aliphatic heterocycles. The van der Waals surface area contributed by atoms with Gasteiger partial charge in [-0.15, -0.1) is 0 Å². The molecular weight excluding hydrogens is 412 g/mol. The zero-order chi connectivity index (χ0) is 22.9. The zero-order valence-corrected chi connectivity index (χ0v) is 19.2. The number of rotatable bonds is 7. The van der Waals surface area contributed by atoms with E-state index in [1.165, 1.54) is 5.56 Å². The summed E-state index contributed by atoms with van der Waals surface area (Å²) >= 11 is 0. The van der Waals surface area contributed by atoms with Gasteiger partial charge in [0.15, 0.2) is 5.65 Å². The van der Waals surface area contributed by atoms with E-state index in [2.05, 4.69) is 41.8 Å². The van der Waals surface area contributed by atoms with Crippen molar-refractivity contribution in [3.63, 3.8) is 0 Å². The Bertz CT molecular complexity index is 1300. The lowest BCUT2D eigenvalue weighted by Crippen LogP contribution is -2.29. The van der Waals surface area contributed by atoms with Gasteiger partial charge in [-0.05, 0) is 57.9 Å². The number of amides is 1. The van der Waals surface area contributed by atoms with Gasteiger partial charge in [-0.1, -0.05) is 35.4 Å². The Morgan fingerprint density at radius 1 is 0.939 bits per heavy atom. The highest BCUT2D eigenvalue weighted by atomic mass is 16.1. The molecule has 0 bridgehead atoms. The third-order valence-corrected chi connectivity index (χ3v) is 5.96. The average molecular weight is 441 g/mol. The molecule has 7 heteroatoms. The fourth-order valence-corrected chi connectivity index (χ4v) is 3.88. The van der Waals surface area contributed by atoms with Gasteiger partial charge in [-0.3, -0.25) is 4.79 Å². The molecule has 33 heavy (non-hydrogen) atoms. The third kappa shape index (κ3) is 4.44. The van der Waals surface area contributed by atoms with E-state index >= 15 is 0 Å². The van der Waals surface area contributed by atoms with Crippen LogP contribution in [0.5, 0.6) is 0 Å². The Hall–Kier alpha value is -3.74. The molecule has 0 atom stereocenters. The first-order chi connectivity index (χ1) is 16.0. The Balaban J connectivity index is 1.37. The number of benzene rings is 2. The van der Waals surface area contributed by atoms with Crippen LogP contribution >= 0.6 is 0 Å². The van der Waals surface area contributed by atoms with Crippen molar-refractivity contribution in [2.75, 3.05) is 18.4 Å². The van der Waals surface area contributed by atoms with Crippen molar-refractivity contribution in [1.82, 2.24) is 25.1 Å². The van der Waals surface area contributed by atoms with Gasteiger partial charge in [0.2, 0.25) is 0 Å². The fraction of sp³-hybridized carbons (Fsp3) is 0.308. The highest BCUT2D eigenvalue weighted by molar-refractivity contribution is 5.94. The Labute approximate surface area is 193 Å². The fourth-order valence-electron chi connectivity index (χ4n) is 3.88. The van der Waals surface area contributed by atoms with Gasteiger partial charge in [-0.2, -0.15) is 5.10 Å². The lowest BCUT2D eigenvalue weighted by atomic mass is 10.1.